The van der Waals surface area contributed by atoms with E-state index in [1.807, 2.05) is 48.5 Å². The normalized spacial score (nSPS) is 15.4. The second-order valence-electron chi connectivity index (χ2n) is 8.03. The molecule has 0 bridgehead atoms. The molecule has 0 fully saturated rings. The van der Waals surface area contributed by atoms with Crippen LogP contribution >= 0.6 is 0 Å². The molecule has 6 heteroatoms. The zero-order valence-corrected chi connectivity index (χ0v) is 15.1. The molecule has 0 saturated carbocycles. The van der Waals surface area contributed by atoms with Gasteiger partial charge >= 0.3 is 0 Å². The second kappa shape index (κ2) is 7.92. The molecule has 0 heterocycles. The predicted octanol–water partition coefficient (Wildman–Crippen LogP) is 0.887. The quantitative estimate of drug-likeness (QED) is 0.559. The van der Waals surface area contributed by atoms with Gasteiger partial charge in [-0.15, -0.1) is 0 Å². The molecule has 0 aromatic heterocycles. The molecule has 2 amide bonds. The molecule has 22 heavy (non-hydrogen) atoms. The van der Waals surface area contributed by atoms with Crippen LogP contribution in [0.15, 0.2) is 0 Å². The maximum atomic E-state index is 12.0. The Bertz CT molecular complexity index is 386. The van der Waals surface area contributed by atoms with Gasteiger partial charge in [0.15, 0.2) is 0 Å². The Kier molecular flexibility index (Phi) is 7.51. The van der Waals surface area contributed by atoms with E-state index in [1.54, 1.807) is 0 Å². The molecule has 0 saturated heterocycles. The molecule has 0 aromatic carbocycles. The third-order valence-electron chi connectivity index (χ3n) is 3.40. The summed E-state index contributed by atoms with van der Waals surface area (Å²) in [7, 11) is 0. The Morgan fingerprint density at radius 3 is 1.86 bits per heavy atom. The van der Waals surface area contributed by atoms with E-state index in [0.29, 0.717) is 12.8 Å². The standard InChI is InChI=1S/C16H34N4O2/c1-10(2)12(18)14(22)20-16(6,7)9-8-11(17)13(21)19-15(3,4)5/h10-12H,8-9,17-18H2,1-7H3,(H,19,21)(H,20,22). The molecule has 2 unspecified atom stereocenters. The van der Waals surface area contributed by atoms with Crippen molar-refractivity contribution >= 4 is 11.8 Å². The van der Waals surface area contributed by atoms with Gasteiger partial charge < -0.3 is 22.1 Å². The molecule has 0 spiro atoms. The van der Waals surface area contributed by atoms with E-state index in [0.717, 1.165) is 0 Å². The highest BCUT2D eigenvalue weighted by Gasteiger charge is 2.27. The topological polar surface area (TPSA) is 110 Å². The van der Waals surface area contributed by atoms with Gasteiger partial charge in [-0.2, -0.15) is 0 Å². The van der Waals surface area contributed by atoms with E-state index in [9.17, 15) is 9.59 Å². The van der Waals surface area contributed by atoms with Gasteiger partial charge in [0.25, 0.3) is 0 Å². The highest BCUT2D eigenvalue weighted by molar-refractivity contribution is 5.83. The molecule has 0 aliphatic heterocycles. The number of rotatable bonds is 7. The Morgan fingerprint density at radius 1 is 0.955 bits per heavy atom. The molecule has 6 N–H and O–H groups in total. The number of amides is 2. The average molecular weight is 314 g/mol. The van der Waals surface area contributed by atoms with Crippen molar-refractivity contribution in [2.45, 2.75) is 84.5 Å². The molecule has 0 aliphatic carbocycles. The molecule has 130 valence electrons. The highest BCUT2D eigenvalue weighted by atomic mass is 16.2. The lowest BCUT2D eigenvalue weighted by molar-refractivity contribution is -0.124. The summed E-state index contributed by atoms with van der Waals surface area (Å²) in [6, 6.07) is -1.12. The number of nitrogens with two attached hydrogens (primary N) is 2. The van der Waals surface area contributed by atoms with Gasteiger partial charge in [0.1, 0.15) is 0 Å². The maximum Gasteiger partial charge on any atom is 0.237 e. The maximum absolute atomic E-state index is 12.0. The zero-order valence-electron chi connectivity index (χ0n) is 15.1. The van der Waals surface area contributed by atoms with Crippen LogP contribution in [-0.4, -0.2) is 35.0 Å². The van der Waals surface area contributed by atoms with Gasteiger partial charge in [0.2, 0.25) is 11.8 Å². The third-order valence-corrected chi connectivity index (χ3v) is 3.40. The van der Waals surface area contributed by atoms with Crippen molar-refractivity contribution in [3.05, 3.63) is 0 Å². The second-order valence-corrected chi connectivity index (χ2v) is 8.03. The Hall–Kier alpha value is -1.14. The van der Waals surface area contributed by atoms with Gasteiger partial charge in [-0.25, -0.2) is 0 Å². The Labute approximate surface area is 134 Å². The van der Waals surface area contributed by atoms with E-state index >= 15 is 0 Å². The van der Waals surface area contributed by atoms with Crippen molar-refractivity contribution in [2.24, 2.45) is 17.4 Å². The molecule has 0 aliphatic rings. The fourth-order valence-electron chi connectivity index (χ4n) is 1.89. The summed E-state index contributed by atoms with van der Waals surface area (Å²) in [5.41, 5.74) is 11.0. The number of hydrogen-bond acceptors (Lipinski definition) is 4. The number of carbonyl (C=O) groups excluding carboxylic acids is 2. The van der Waals surface area contributed by atoms with Crippen LogP contribution in [0, 0.1) is 5.92 Å². The van der Waals surface area contributed by atoms with E-state index in [4.69, 9.17) is 11.5 Å². The van der Waals surface area contributed by atoms with Crippen LogP contribution in [0.25, 0.3) is 0 Å². The van der Waals surface area contributed by atoms with Crippen LogP contribution in [0.4, 0.5) is 0 Å². The van der Waals surface area contributed by atoms with Crippen molar-refractivity contribution in [1.29, 1.82) is 0 Å². The van der Waals surface area contributed by atoms with Crippen molar-refractivity contribution in [3.63, 3.8) is 0 Å². The first-order valence-electron chi connectivity index (χ1n) is 7.90. The van der Waals surface area contributed by atoms with Crippen molar-refractivity contribution in [3.8, 4) is 0 Å². The predicted molar refractivity (Wildman–Crippen MR) is 90.1 cm³/mol. The summed E-state index contributed by atoms with van der Waals surface area (Å²) in [6.45, 7) is 13.4. The van der Waals surface area contributed by atoms with Crippen LogP contribution in [0.2, 0.25) is 0 Å². The summed E-state index contributed by atoms with van der Waals surface area (Å²) in [5, 5.41) is 5.79. The van der Waals surface area contributed by atoms with Crippen molar-refractivity contribution in [1.82, 2.24) is 10.6 Å². The number of hydrogen-bond donors (Lipinski definition) is 4. The van der Waals surface area contributed by atoms with Crippen molar-refractivity contribution in [2.75, 3.05) is 0 Å². The smallest absolute Gasteiger partial charge is 0.237 e. The Balaban J connectivity index is 4.43. The van der Waals surface area contributed by atoms with Crippen LogP contribution < -0.4 is 22.1 Å². The minimum Gasteiger partial charge on any atom is -0.350 e. The minimum absolute atomic E-state index is 0.0793. The molecule has 6 nitrogen and oxygen atoms in total. The summed E-state index contributed by atoms with van der Waals surface area (Å²) in [6.07, 6.45) is 1.09. The largest absolute Gasteiger partial charge is 0.350 e. The summed E-state index contributed by atoms with van der Waals surface area (Å²) in [5.74, 6) is -0.267. The van der Waals surface area contributed by atoms with Crippen LogP contribution in [0.3, 0.4) is 0 Å². The summed E-state index contributed by atoms with van der Waals surface area (Å²) >= 11 is 0. The first-order valence-corrected chi connectivity index (χ1v) is 7.90. The van der Waals surface area contributed by atoms with Gasteiger partial charge in [-0.1, -0.05) is 13.8 Å². The van der Waals surface area contributed by atoms with E-state index in [-0.39, 0.29) is 23.3 Å². The first kappa shape index (κ1) is 20.9. The fraction of sp³-hybridized carbons (Fsp3) is 0.875. The molecular formula is C16H34N4O2. The van der Waals surface area contributed by atoms with Crippen LogP contribution in [0.1, 0.15) is 61.3 Å². The van der Waals surface area contributed by atoms with Crippen LogP contribution in [0.5, 0.6) is 0 Å². The SMILES string of the molecule is CC(C)C(N)C(=O)NC(C)(C)CCC(N)C(=O)NC(C)(C)C. The lowest BCUT2D eigenvalue weighted by atomic mass is 9.93. The van der Waals surface area contributed by atoms with E-state index < -0.39 is 17.6 Å². The third kappa shape index (κ3) is 8.34. The average Bonchev–Trinajstić information content (AvgIpc) is 2.32. The number of nitrogens with one attached hydrogen (secondary N) is 2. The molecular weight excluding hydrogens is 280 g/mol. The summed E-state index contributed by atoms with van der Waals surface area (Å²) < 4.78 is 0. The van der Waals surface area contributed by atoms with E-state index in [1.165, 1.54) is 0 Å². The van der Waals surface area contributed by atoms with Gasteiger partial charge in [-0.05, 0) is 53.4 Å². The number of carbonyl (C=O) groups is 2. The lowest BCUT2D eigenvalue weighted by Crippen LogP contribution is -2.53. The van der Waals surface area contributed by atoms with Gasteiger partial charge in [0, 0.05) is 11.1 Å². The molecule has 0 radical (unpaired) electrons. The monoisotopic (exact) mass is 314 g/mol. The van der Waals surface area contributed by atoms with Crippen molar-refractivity contribution < 1.29 is 9.59 Å². The molecule has 0 aromatic rings. The Morgan fingerprint density at radius 2 is 1.45 bits per heavy atom. The molecule has 0 rings (SSSR count). The highest BCUT2D eigenvalue weighted by Crippen LogP contribution is 2.14. The molecule has 2 atom stereocenters. The first-order chi connectivity index (χ1) is 9.75. The minimum atomic E-state index is -0.589. The van der Waals surface area contributed by atoms with Gasteiger partial charge in [0.05, 0.1) is 12.1 Å². The van der Waals surface area contributed by atoms with Gasteiger partial charge in [-0.3, -0.25) is 9.59 Å². The summed E-state index contributed by atoms with van der Waals surface area (Å²) in [4.78, 5) is 24.0. The fourth-order valence-corrected chi connectivity index (χ4v) is 1.89. The zero-order chi connectivity index (χ0) is 17.7. The van der Waals surface area contributed by atoms with Crippen LogP contribution in [-0.2, 0) is 9.59 Å². The van der Waals surface area contributed by atoms with E-state index in [2.05, 4.69) is 10.6 Å². The lowest BCUT2D eigenvalue weighted by Gasteiger charge is -2.30.